The number of nitrogens with zero attached hydrogens (tertiary/aromatic N) is 3. The van der Waals surface area contributed by atoms with E-state index in [1.807, 2.05) is 13.1 Å². The van der Waals surface area contributed by atoms with Gasteiger partial charge in [-0.15, -0.1) is 0 Å². The van der Waals surface area contributed by atoms with Crippen molar-refractivity contribution < 1.29 is 0 Å². The van der Waals surface area contributed by atoms with Crippen LogP contribution >= 0.6 is 0 Å². The third-order valence-electron chi connectivity index (χ3n) is 2.25. The van der Waals surface area contributed by atoms with Crippen LogP contribution in [0.5, 0.6) is 0 Å². The molecule has 0 unspecified atom stereocenters. The molecule has 2 N–H and O–H groups in total. The molecule has 0 aliphatic rings. The highest BCUT2D eigenvalue weighted by atomic mass is 15.3. The second-order valence-corrected chi connectivity index (χ2v) is 3.15. The molecule has 0 saturated heterocycles. The van der Waals surface area contributed by atoms with Crippen LogP contribution in [0.25, 0.3) is 0 Å². The first kappa shape index (κ1) is 10.1. The highest BCUT2D eigenvalue weighted by Crippen LogP contribution is 2.06. The highest BCUT2D eigenvalue weighted by Gasteiger charge is 2.05. The molecule has 4 nitrogen and oxygen atoms in total. The molecule has 0 aliphatic heterocycles. The fraction of sp³-hybridized carbons (Fsp3) is 0.667. The van der Waals surface area contributed by atoms with Crippen LogP contribution in [-0.4, -0.2) is 27.8 Å². The van der Waals surface area contributed by atoms with E-state index in [2.05, 4.69) is 23.8 Å². The third-order valence-corrected chi connectivity index (χ3v) is 2.25. The molecule has 0 aromatic carbocycles. The zero-order valence-corrected chi connectivity index (χ0v) is 8.62. The van der Waals surface area contributed by atoms with Crippen molar-refractivity contribution in [2.75, 3.05) is 18.8 Å². The highest BCUT2D eigenvalue weighted by molar-refractivity contribution is 5.30. The molecule has 0 atom stereocenters. The Morgan fingerprint density at radius 3 is 2.46 bits per heavy atom. The largest absolute Gasteiger partial charge is 0.384 e. The minimum atomic E-state index is 0.724. The van der Waals surface area contributed by atoms with Gasteiger partial charge in [-0.2, -0.15) is 5.10 Å². The van der Waals surface area contributed by atoms with E-state index in [-0.39, 0.29) is 0 Å². The van der Waals surface area contributed by atoms with E-state index in [1.165, 1.54) is 0 Å². The number of hydrogen-bond acceptors (Lipinski definition) is 3. The second-order valence-electron chi connectivity index (χ2n) is 3.15. The standard InChI is InChI=1S/C9H18N4/c1-4-13(5-2)7-8-6-9(10)12(3)11-8/h6H,4-5,7,10H2,1-3H3. The molecule has 0 spiro atoms. The zero-order chi connectivity index (χ0) is 9.84. The van der Waals surface area contributed by atoms with E-state index in [0.29, 0.717) is 0 Å². The SMILES string of the molecule is CCN(CC)Cc1cc(N)n(C)n1. The minimum Gasteiger partial charge on any atom is -0.384 e. The van der Waals surface area contributed by atoms with Gasteiger partial charge in [0, 0.05) is 19.7 Å². The van der Waals surface area contributed by atoms with Gasteiger partial charge in [0.05, 0.1) is 5.69 Å². The summed E-state index contributed by atoms with van der Waals surface area (Å²) in [4.78, 5) is 2.31. The summed E-state index contributed by atoms with van der Waals surface area (Å²) in [5.41, 5.74) is 6.73. The van der Waals surface area contributed by atoms with Gasteiger partial charge in [0.15, 0.2) is 0 Å². The van der Waals surface area contributed by atoms with Crippen LogP contribution in [0.15, 0.2) is 6.07 Å². The Hall–Kier alpha value is -1.03. The molecule has 1 aromatic rings. The second kappa shape index (κ2) is 4.28. The summed E-state index contributed by atoms with van der Waals surface area (Å²) >= 11 is 0. The Bertz CT molecular complexity index is 243. The molecule has 0 fully saturated rings. The van der Waals surface area contributed by atoms with Crippen molar-refractivity contribution in [3.63, 3.8) is 0 Å². The monoisotopic (exact) mass is 182 g/mol. The molecule has 0 aliphatic carbocycles. The molecule has 0 bridgehead atoms. The molecule has 1 rings (SSSR count). The maximum Gasteiger partial charge on any atom is 0.121 e. The normalized spacial score (nSPS) is 11.1. The van der Waals surface area contributed by atoms with Crippen molar-refractivity contribution in [1.82, 2.24) is 14.7 Å². The molecular formula is C9H18N4. The van der Waals surface area contributed by atoms with Crippen LogP contribution in [0.1, 0.15) is 19.5 Å². The Balaban J connectivity index is 2.62. The van der Waals surface area contributed by atoms with Crippen molar-refractivity contribution in [3.8, 4) is 0 Å². The predicted octanol–water partition coefficient (Wildman–Crippen LogP) is 0.844. The van der Waals surface area contributed by atoms with Crippen molar-refractivity contribution in [2.45, 2.75) is 20.4 Å². The molecule has 74 valence electrons. The molecule has 4 heteroatoms. The van der Waals surface area contributed by atoms with Gasteiger partial charge in [-0.3, -0.25) is 9.58 Å². The molecule has 0 saturated carbocycles. The van der Waals surface area contributed by atoms with Gasteiger partial charge in [-0.1, -0.05) is 13.8 Å². The number of rotatable bonds is 4. The van der Waals surface area contributed by atoms with Crippen molar-refractivity contribution in [1.29, 1.82) is 0 Å². The summed E-state index contributed by atoms with van der Waals surface area (Å²) in [6.07, 6.45) is 0. The number of aromatic nitrogens is 2. The summed E-state index contributed by atoms with van der Waals surface area (Å²) in [5, 5.41) is 4.30. The van der Waals surface area contributed by atoms with Crippen LogP contribution < -0.4 is 5.73 Å². The molecule has 1 aromatic heterocycles. The lowest BCUT2D eigenvalue weighted by Crippen LogP contribution is -2.22. The summed E-state index contributed by atoms with van der Waals surface area (Å²) < 4.78 is 1.71. The lowest BCUT2D eigenvalue weighted by molar-refractivity contribution is 0.291. The fourth-order valence-corrected chi connectivity index (χ4v) is 1.30. The van der Waals surface area contributed by atoms with Gasteiger partial charge < -0.3 is 5.73 Å². The number of nitrogen functional groups attached to an aromatic ring is 1. The van der Waals surface area contributed by atoms with E-state index in [9.17, 15) is 0 Å². The van der Waals surface area contributed by atoms with Crippen LogP contribution in [0.4, 0.5) is 5.82 Å². The van der Waals surface area contributed by atoms with Crippen LogP contribution in [0.3, 0.4) is 0 Å². The van der Waals surface area contributed by atoms with Gasteiger partial charge in [-0.05, 0) is 13.1 Å². The third kappa shape index (κ3) is 2.45. The average Bonchev–Trinajstić information content (AvgIpc) is 2.42. The van der Waals surface area contributed by atoms with Gasteiger partial charge in [0.2, 0.25) is 0 Å². The lowest BCUT2D eigenvalue weighted by atomic mass is 10.3. The smallest absolute Gasteiger partial charge is 0.121 e. The number of nitrogens with two attached hydrogens (primary N) is 1. The quantitative estimate of drug-likeness (QED) is 0.750. The van der Waals surface area contributed by atoms with Gasteiger partial charge in [0.25, 0.3) is 0 Å². The summed E-state index contributed by atoms with van der Waals surface area (Å²) in [6.45, 7) is 7.28. The van der Waals surface area contributed by atoms with E-state index >= 15 is 0 Å². The van der Waals surface area contributed by atoms with E-state index in [4.69, 9.17) is 5.73 Å². The maximum absolute atomic E-state index is 5.68. The van der Waals surface area contributed by atoms with Crippen molar-refractivity contribution >= 4 is 5.82 Å². The average molecular weight is 182 g/mol. The van der Waals surface area contributed by atoms with E-state index < -0.39 is 0 Å². The summed E-state index contributed by atoms with van der Waals surface area (Å²) in [5.74, 6) is 0.724. The summed E-state index contributed by atoms with van der Waals surface area (Å²) in [7, 11) is 1.86. The van der Waals surface area contributed by atoms with Gasteiger partial charge >= 0.3 is 0 Å². The Morgan fingerprint density at radius 1 is 1.46 bits per heavy atom. The molecular weight excluding hydrogens is 164 g/mol. The number of aryl methyl sites for hydroxylation is 1. The van der Waals surface area contributed by atoms with E-state index in [1.54, 1.807) is 4.68 Å². The topological polar surface area (TPSA) is 47.1 Å². The molecule has 0 amide bonds. The Morgan fingerprint density at radius 2 is 2.08 bits per heavy atom. The number of anilines is 1. The van der Waals surface area contributed by atoms with Crippen LogP contribution in [0.2, 0.25) is 0 Å². The van der Waals surface area contributed by atoms with Gasteiger partial charge in [-0.25, -0.2) is 0 Å². The zero-order valence-electron chi connectivity index (χ0n) is 8.62. The first-order valence-electron chi connectivity index (χ1n) is 4.68. The Kier molecular flexibility index (Phi) is 3.31. The molecule has 13 heavy (non-hydrogen) atoms. The Labute approximate surface area is 79.3 Å². The predicted molar refractivity (Wildman–Crippen MR) is 54.2 cm³/mol. The first-order valence-corrected chi connectivity index (χ1v) is 4.68. The lowest BCUT2D eigenvalue weighted by Gasteiger charge is -2.15. The van der Waals surface area contributed by atoms with Gasteiger partial charge in [0.1, 0.15) is 5.82 Å². The summed E-state index contributed by atoms with van der Waals surface area (Å²) in [6, 6.07) is 1.93. The maximum atomic E-state index is 5.68. The minimum absolute atomic E-state index is 0.724. The fourth-order valence-electron chi connectivity index (χ4n) is 1.30. The van der Waals surface area contributed by atoms with Crippen LogP contribution in [0, 0.1) is 0 Å². The van der Waals surface area contributed by atoms with Crippen molar-refractivity contribution in [3.05, 3.63) is 11.8 Å². The number of hydrogen-bond donors (Lipinski definition) is 1. The molecule has 0 radical (unpaired) electrons. The molecule has 1 heterocycles. The van der Waals surface area contributed by atoms with Crippen LogP contribution in [-0.2, 0) is 13.6 Å². The van der Waals surface area contributed by atoms with E-state index in [0.717, 1.165) is 31.1 Å². The van der Waals surface area contributed by atoms with Crippen molar-refractivity contribution in [2.24, 2.45) is 7.05 Å². The first-order chi connectivity index (χ1) is 6.17.